The molecule has 0 amide bonds. The minimum Gasteiger partial charge on any atom is -0.458 e. The number of esters is 2. The third kappa shape index (κ3) is 10.5. The molecular weight excluding hydrogens is 468 g/mol. The Bertz CT molecular complexity index is 635. The molecule has 0 bridgehead atoms. The van der Waals surface area contributed by atoms with E-state index in [1.165, 1.54) is 0 Å². The van der Waals surface area contributed by atoms with Crippen LogP contribution in [0, 0.1) is 5.92 Å². The zero-order valence-corrected chi connectivity index (χ0v) is 22.7. The first-order valence-corrected chi connectivity index (χ1v) is 13.3. The van der Waals surface area contributed by atoms with Gasteiger partial charge >= 0.3 is 11.9 Å². The molecule has 0 radical (unpaired) electrons. The second-order valence-electron chi connectivity index (χ2n) is 9.33. The lowest BCUT2D eigenvalue weighted by molar-refractivity contribution is -0.404. The molecule has 9 heteroatoms. The number of aliphatic hydroxyl groups is 1. The zero-order chi connectivity index (χ0) is 27.1. The monoisotopic (exact) mass is 514 g/mol. The number of aliphatic hydroxyl groups excluding tert-OH is 1. The van der Waals surface area contributed by atoms with E-state index in [0.29, 0.717) is 37.2 Å². The standard InChI is InChI=1S/C27H46O9/c1-8-12-16-21(28)31-24-20(7)25(35-33-18(5)14-10-3)27(36-34-19(6)15-11-4)23(30)26(24)32-22(29)17-13-9-2/h20,23-27,30H,5-6,8-17H2,1-4,7H3. The van der Waals surface area contributed by atoms with Crippen LogP contribution in [-0.2, 0) is 38.6 Å². The van der Waals surface area contributed by atoms with Crippen molar-refractivity contribution in [3.05, 3.63) is 24.7 Å². The van der Waals surface area contributed by atoms with Crippen molar-refractivity contribution in [2.24, 2.45) is 5.92 Å². The number of hydrogen-bond acceptors (Lipinski definition) is 9. The van der Waals surface area contributed by atoms with E-state index in [1.54, 1.807) is 6.92 Å². The van der Waals surface area contributed by atoms with Gasteiger partial charge in [0.15, 0.2) is 12.2 Å². The second-order valence-corrected chi connectivity index (χ2v) is 9.33. The van der Waals surface area contributed by atoms with E-state index < -0.39 is 48.4 Å². The smallest absolute Gasteiger partial charge is 0.306 e. The fourth-order valence-corrected chi connectivity index (χ4v) is 3.88. The number of rotatable bonds is 18. The summed E-state index contributed by atoms with van der Waals surface area (Å²) in [7, 11) is 0. The van der Waals surface area contributed by atoms with E-state index >= 15 is 0 Å². The molecule has 1 aliphatic carbocycles. The van der Waals surface area contributed by atoms with Gasteiger partial charge in [0.25, 0.3) is 0 Å². The number of allylic oxidation sites excluding steroid dienone is 2. The van der Waals surface area contributed by atoms with Crippen molar-refractivity contribution in [3.63, 3.8) is 0 Å². The van der Waals surface area contributed by atoms with E-state index in [-0.39, 0.29) is 12.8 Å². The first kappa shape index (κ1) is 31.9. The summed E-state index contributed by atoms with van der Waals surface area (Å²) in [6, 6.07) is 0. The van der Waals surface area contributed by atoms with Crippen molar-refractivity contribution in [1.29, 1.82) is 0 Å². The van der Waals surface area contributed by atoms with Crippen molar-refractivity contribution in [2.45, 2.75) is 129 Å². The maximum absolute atomic E-state index is 12.6. The highest BCUT2D eigenvalue weighted by molar-refractivity contribution is 5.70. The van der Waals surface area contributed by atoms with Crippen molar-refractivity contribution in [3.8, 4) is 0 Å². The number of carbonyl (C=O) groups excluding carboxylic acids is 2. The van der Waals surface area contributed by atoms with Crippen molar-refractivity contribution >= 4 is 11.9 Å². The maximum Gasteiger partial charge on any atom is 0.306 e. The summed E-state index contributed by atoms with van der Waals surface area (Å²) in [5, 5.41) is 11.3. The van der Waals surface area contributed by atoms with Gasteiger partial charge in [0.05, 0.1) is 0 Å². The van der Waals surface area contributed by atoms with Crippen LogP contribution in [-0.4, -0.2) is 47.6 Å². The van der Waals surface area contributed by atoms with Crippen LogP contribution in [0.3, 0.4) is 0 Å². The van der Waals surface area contributed by atoms with Crippen molar-refractivity contribution < 1.29 is 43.7 Å². The Hall–Kier alpha value is -2.10. The summed E-state index contributed by atoms with van der Waals surface area (Å²) in [6.45, 7) is 17.3. The molecule has 0 aromatic carbocycles. The molecule has 1 rings (SSSR count). The van der Waals surface area contributed by atoms with Gasteiger partial charge in [-0.25, -0.2) is 0 Å². The molecule has 0 aromatic heterocycles. The Balaban J connectivity index is 3.23. The fourth-order valence-electron chi connectivity index (χ4n) is 3.88. The van der Waals surface area contributed by atoms with Gasteiger partial charge < -0.3 is 24.4 Å². The molecule has 6 unspecified atom stereocenters. The zero-order valence-electron chi connectivity index (χ0n) is 22.7. The van der Waals surface area contributed by atoms with Crippen LogP contribution in [0.1, 0.15) is 98.8 Å². The highest BCUT2D eigenvalue weighted by Gasteiger charge is 2.55. The highest BCUT2D eigenvalue weighted by Crippen LogP contribution is 2.35. The molecule has 0 aromatic rings. The van der Waals surface area contributed by atoms with E-state index in [0.717, 1.165) is 25.7 Å². The van der Waals surface area contributed by atoms with Gasteiger partial charge in [-0.15, -0.1) is 0 Å². The van der Waals surface area contributed by atoms with Crippen molar-refractivity contribution in [2.75, 3.05) is 0 Å². The first-order valence-electron chi connectivity index (χ1n) is 13.3. The van der Waals surface area contributed by atoms with Crippen LogP contribution in [0.25, 0.3) is 0 Å². The van der Waals surface area contributed by atoms with Gasteiger partial charge in [-0.2, -0.15) is 9.78 Å². The minimum absolute atomic E-state index is 0.180. The molecule has 9 nitrogen and oxygen atoms in total. The van der Waals surface area contributed by atoms with E-state index in [1.807, 2.05) is 27.7 Å². The van der Waals surface area contributed by atoms with Crippen molar-refractivity contribution in [1.82, 2.24) is 0 Å². The van der Waals surface area contributed by atoms with Gasteiger partial charge in [0, 0.05) is 31.6 Å². The average molecular weight is 515 g/mol. The summed E-state index contributed by atoms with van der Waals surface area (Å²) in [5.41, 5.74) is 0. The predicted octanol–water partition coefficient (Wildman–Crippen LogP) is 5.46. The maximum atomic E-state index is 12.6. The van der Waals surface area contributed by atoms with Gasteiger partial charge in [0.2, 0.25) is 0 Å². The molecule has 0 saturated heterocycles. The van der Waals surface area contributed by atoms with Crippen LogP contribution in [0.2, 0.25) is 0 Å². The van der Waals surface area contributed by atoms with Crippen LogP contribution >= 0.6 is 0 Å². The van der Waals surface area contributed by atoms with E-state index in [2.05, 4.69) is 13.2 Å². The molecule has 208 valence electrons. The van der Waals surface area contributed by atoms with Gasteiger partial charge in [0.1, 0.15) is 29.8 Å². The topological polar surface area (TPSA) is 110 Å². The molecule has 0 aliphatic heterocycles. The van der Waals surface area contributed by atoms with Gasteiger partial charge in [-0.05, 0) is 25.7 Å². The Labute approximate surface area is 215 Å². The second kappa shape index (κ2) is 17.4. The van der Waals surface area contributed by atoms with Gasteiger partial charge in [-0.1, -0.05) is 60.6 Å². The lowest BCUT2D eigenvalue weighted by Crippen LogP contribution is -2.63. The third-order valence-corrected chi connectivity index (χ3v) is 5.97. The number of hydrogen-bond donors (Lipinski definition) is 1. The molecule has 1 saturated carbocycles. The van der Waals surface area contributed by atoms with Crippen LogP contribution in [0.5, 0.6) is 0 Å². The Kier molecular flexibility index (Phi) is 15.4. The summed E-state index contributed by atoms with van der Waals surface area (Å²) in [4.78, 5) is 47.1. The molecule has 1 fully saturated rings. The Morgan fingerprint density at radius 3 is 1.56 bits per heavy atom. The number of ether oxygens (including phenoxy) is 2. The van der Waals surface area contributed by atoms with Crippen LogP contribution in [0.4, 0.5) is 0 Å². The van der Waals surface area contributed by atoms with E-state index in [9.17, 15) is 14.7 Å². The highest BCUT2D eigenvalue weighted by atomic mass is 17.2. The Morgan fingerprint density at radius 1 is 0.667 bits per heavy atom. The summed E-state index contributed by atoms with van der Waals surface area (Å²) >= 11 is 0. The summed E-state index contributed by atoms with van der Waals surface area (Å²) < 4.78 is 11.4. The normalized spacial score (nSPS) is 25.6. The summed E-state index contributed by atoms with van der Waals surface area (Å²) in [5.74, 6) is -0.761. The number of carbonyl (C=O) groups is 2. The van der Waals surface area contributed by atoms with Crippen LogP contribution in [0.15, 0.2) is 24.7 Å². The minimum atomic E-state index is -1.43. The molecule has 36 heavy (non-hydrogen) atoms. The quantitative estimate of drug-likeness (QED) is 0.110. The molecule has 1 aliphatic rings. The lowest BCUT2D eigenvalue weighted by Gasteiger charge is -2.45. The lowest BCUT2D eigenvalue weighted by atomic mass is 9.79. The predicted molar refractivity (Wildman–Crippen MR) is 134 cm³/mol. The molecular formula is C27H46O9. The molecule has 0 heterocycles. The summed E-state index contributed by atoms with van der Waals surface area (Å²) in [6.07, 6.45) is 0.381. The first-order chi connectivity index (χ1) is 17.2. The number of unbranched alkanes of at least 4 members (excludes halogenated alkanes) is 2. The van der Waals surface area contributed by atoms with E-state index in [4.69, 9.17) is 29.0 Å². The average Bonchev–Trinajstić information content (AvgIpc) is 2.84. The molecule has 1 N–H and O–H groups in total. The third-order valence-electron chi connectivity index (χ3n) is 5.97. The van der Waals surface area contributed by atoms with Gasteiger partial charge in [-0.3, -0.25) is 9.59 Å². The largest absolute Gasteiger partial charge is 0.458 e. The molecule has 0 spiro atoms. The van der Waals surface area contributed by atoms with Crippen LogP contribution < -0.4 is 0 Å². The fraction of sp³-hybridized carbons (Fsp3) is 0.778. The Morgan fingerprint density at radius 2 is 1.11 bits per heavy atom. The molecule has 6 atom stereocenters. The SMILES string of the molecule is C=C(CCC)OOC1C(C)C(OC(=O)CCCC)C(OC(=O)CCCC)C(O)C1OOC(=C)CCC.